The molecule has 2 unspecified atom stereocenters. The highest BCUT2D eigenvalue weighted by atomic mass is 16.8. The Morgan fingerprint density at radius 1 is 1.05 bits per heavy atom. The predicted molar refractivity (Wildman–Crippen MR) is 133 cm³/mol. The summed E-state index contributed by atoms with van der Waals surface area (Å²) < 4.78 is 32.1. The van der Waals surface area contributed by atoms with E-state index in [0.717, 1.165) is 24.0 Å². The minimum absolute atomic E-state index is 0.0601. The fourth-order valence-electron chi connectivity index (χ4n) is 10.4. The van der Waals surface area contributed by atoms with Crippen molar-refractivity contribution in [3.63, 3.8) is 0 Å². The highest BCUT2D eigenvalue weighted by Gasteiger charge is 3.01. The zero-order valence-electron chi connectivity index (χ0n) is 23.5. The fourth-order valence-corrected chi connectivity index (χ4v) is 10.4. The first-order chi connectivity index (χ1) is 18.2. The van der Waals surface area contributed by atoms with E-state index >= 15 is 0 Å². The molecule has 4 aliphatic carbocycles. The quantitative estimate of drug-likeness (QED) is 0.421. The van der Waals surface area contributed by atoms with Crippen molar-refractivity contribution < 1.29 is 43.2 Å². The molecule has 8 aliphatic rings. The van der Waals surface area contributed by atoms with E-state index in [-0.39, 0.29) is 47.5 Å². The second kappa shape index (κ2) is 6.73. The van der Waals surface area contributed by atoms with E-state index in [2.05, 4.69) is 20.8 Å². The van der Waals surface area contributed by atoms with Gasteiger partial charge in [-0.15, -0.1) is 0 Å². The van der Waals surface area contributed by atoms with Crippen LogP contribution in [0.25, 0.3) is 0 Å². The molecule has 39 heavy (non-hydrogen) atoms. The molecule has 0 amide bonds. The minimum atomic E-state index is -0.957. The number of carbonyl (C=O) groups is 3. The smallest absolute Gasteiger partial charge is 0.334 e. The summed E-state index contributed by atoms with van der Waals surface area (Å²) in [5.74, 6) is -1.90. The van der Waals surface area contributed by atoms with E-state index in [1.54, 1.807) is 0 Å². The molecule has 0 aromatic rings. The molecule has 6 fully saturated rings. The van der Waals surface area contributed by atoms with Gasteiger partial charge in [0.25, 0.3) is 0 Å². The molecule has 3 saturated heterocycles. The van der Waals surface area contributed by atoms with Crippen LogP contribution < -0.4 is 0 Å². The van der Waals surface area contributed by atoms with E-state index in [9.17, 15) is 19.5 Å². The van der Waals surface area contributed by atoms with Gasteiger partial charge < -0.3 is 28.8 Å². The Labute approximate surface area is 227 Å². The van der Waals surface area contributed by atoms with E-state index in [1.807, 2.05) is 20.8 Å². The number of rotatable bonds is 4. The van der Waals surface area contributed by atoms with Gasteiger partial charge in [0.1, 0.15) is 30.0 Å². The lowest BCUT2D eigenvalue weighted by Gasteiger charge is -2.54. The van der Waals surface area contributed by atoms with Gasteiger partial charge in [-0.1, -0.05) is 34.6 Å². The lowest BCUT2D eigenvalue weighted by Crippen LogP contribution is -2.70. The van der Waals surface area contributed by atoms with Crippen LogP contribution >= 0.6 is 0 Å². The number of carboxylic acids is 1. The Morgan fingerprint density at radius 3 is 2.46 bits per heavy atom. The molecular formula is C30H38O9. The summed E-state index contributed by atoms with van der Waals surface area (Å²) in [5, 5.41) is 9.87. The topological polar surface area (TPSA) is 127 Å². The van der Waals surface area contributed by atoms with Crippen LogP contribution in [-0.2, 0) is 38.1 Å². The number of carboxylic acid groups (broad SMARTS) is 1. The van der Waals surface area contributed by atoms with Crippen LogP contribution in [-0.4, -0.2) is 70.8 Å². The number of aliphatic carboxylic acids is 1. The zero-order chi connectivity index (χ0) is 27.7. The maximum absolute atomic E-state index is 14.2. The van der Waals surface area contributed by atoms with Crippen LogP contribution in [0.1, 0.15) is 73.6 Å². The summed E-state index contributed by atoms with van der Waals surface area (Å²) >= 11 is 0. The second-order valence-corrected chi connectivity index (χ2v) is 14.8. The highest BCUT2D eigenvalue weighted by molar-refractivity contribution is 5.92. The average molecular weight is 543 g/mol. The highest BCUT2D eigenvalue weighted by Crippen LogP contribution is 2.83. The van der Waals surface area contributed by atoms with Gasteiger partial charge in [0.05, 0.1) is 17.4 Å². The Balaban J connectivity index is 1.20. The number of hydrogen-bond acceptors (Lipinski definition) is 8. The molecule has 3 saturated carbocycles. The van der Waals surface area contributed by atoms with Gasteiger partial charge in [-0.3, -0.25) is 9.59 Å². The Kier molecular flexibility index (Phi) is 4.28. The number of carbonyl (C=O) groups excluding carboxylic acids is 2. The molecule has 0 aromatic carbocycles. The van der Waals surface area contributed by atoms with E-state index in [0.29, 0.717) is 25.9 Å². The van der Waals surface area contributed by atoms with E-state index < -0.39 is 45.6 Å². The molecule has 0 aromatic heterocycles. The Morgan fingerprint density at radius 2 is 1.79 bits per heavy atom. The third kappa shape index (κ3) is 2.36. The van der Waals surface area contributed by atoms with Gasteiger partial charge in [-0.2, -0.15) is 0 Å². The number of epoxide rings is 3. The van der Waals surface area contributed by atoms with Crippen LogP contribution in [0.3, 0.4) is 0 Å². The summed E-state index contributed by atoms with van der Waals surface area (Å²) in [4.78, 5) is 38.7. The second-order valence-electron chi connectivity index (χ2n) is 14.8. The van der Waals surface area contributed by atoms with Crippen molar-refractivity contribution in [3.05, 3.63) is 11.1 Å². The normalized spacial score (nSPS) is 54.9. The predicted octanol–water partition coefficient (Wildman–Crippen LogP) is 3.18. The summed E-state index contributed by atoms with van der Waals surface area (Å²) in [7, 11) is 0. The Hall–Kier alpha value is -1.97. The van der Waals surface area contributed by atoms with E-state index in [1.165, 1.54) is 0 Å². The molecule has 11 atom stereocenters. The van der Waals surface area contributed by atoms with Gasteiger partial charge in [-0.25, -0.2) is 4.79 Å². The largest absolute Gasteiger partial charge is 0.481 e. The first kappa shape index (κ1) is 24.8. The minimum Gasteiger partial charge on any atom is -0.481 e. The molecular weight excluding hydrogens is 504 g/mol. The molecule has 9 nitrogen and oxygen atoms in total. The van der Waals surface area contributed by atoms with Crippen molar-refractivity contribution in [2.75, 3.05) is 6.61 Å². The molecule has 4 heterocycles. The lowest BCUT2D eigenvalue weighted by atomic mass is 9.46. The van der Waals surface area contributed by atoms with Gasteiger partial charge in [0.2, 0.25) is 0 Å². The van der Waals surface area contributed by atoms with Crippen molar-refractivity contribution in [1.82, 2.24) is 0 Å². The van der Waals surface area contributed by atoms with Crippen molar-refractivity contribution in [2.24, 2.45) is 34.0 Å². The number of hydrogen-bond donors (Lipinski definition) is 1. The third-order valence-electron chi connectivity index (χ3n) is 13.3. The van der Waals surface area contributed by atoms with Crippen molar-refractivity contribution in [3.8, 4) is 0 Å². The van der Waals surface area contributed by atoms with Crippen molar-refractivity contribution in [1.29, 1.82) is 0 Å². The Bertz CT molecular complexity index is 1280. The van der Waals surface area contributed by atoms with Crippen LogP contribution in [0.4, 0.5) is 0 Å². The molecule has 0 radical (unpaired) electrons. The van der Waals surface area contributed by atoms with Crippen LogP contribution in [0.15, 0.2) is 11.1 Å². The van der Waals surface area contributed by atoms with Gasteiger partial charge in [-0.05, 0) is 61.9 Å². The summed E-state index contributed by atoms with van der Waals surface area (Å²) in [6, 6.07) is 0. The molecule has 0 bridgehead atoms. The summed E-state index contributed by atoms with van der Waals surface area (Å²) in [6.45, 7) is 12.4. The number of fused-ring (bicyclic) bond motifs is 4. The number of esters is 2. The van der Waals surface area contributed by atoms with E-state index in [4.69, 9.17) is 23.7 Å². The van der Waals surface area contributed by atoms with Crippen molar-refractivity contribution >= 4 is 17.9 Å². The summed E-state index contributed by atoms with van der Waals surface area (Å²) in [5.41, 5.74) is -2.32. The van der Waals surface area contributed by atoms with Gasteiger partial charge >= 0.3 is 17.9 Å². The van der Waals surface area contributed by atoms with Crippen LogP contribution in [0.5, 0.6) is 0 Å². The molecule has 2 spiro atoms. The monoisotopic (exact) mass is 542 g/mol. The van der Waals surface area contributed by atoms with Gasteiger partial charge in [0, 0.05) is 11.0 Å². The maximum Gasteiger partial charge on any atom is 0.334 e. The van der Waals surface area contributed by atoms with Gasteiger partial charge in [0.15, 0.2) is 11.7 Å². The number of ether oxygens (including phenoxy) is 5. The van der Waals surface area contributed by atoms with Crippen LogP contribution in [0, 0.1) is 34.0 Å². The summed E-state index contributed by atoms with van der Waals surface area (Å²) in [6.07, 6.45) is 1.84. The maximum atomic E-state index is 14.2. The fraction of sp³-hybridized carbons (Fsp3) is 0.833. The van der Waals surface area contributed by atoms with Crippen molar-refractivity contribution in [2.45, 2.75) is 115 Å². The molecule has 8 rings (SSSR count). The molecule has 1 N–H and O–H groups in total. The first-order valence-electron chi connectivity index (χ1n) is 14.6. The molecule has 4 aliphatic heterocycles. The first-order valence-corrected chi connectivity index (χ1v) is 14.6. The standard InChI is InChI=1S/C30H38O9/c1-13(2)28-19(38-28)20-30(39-20)26(5)9-7-14-15(12-35-22(14)33)17(26)11-18-29(30,37-18)23(28)36-24(34)27(6)10-8-16(21(31)32)25(27,3)4/h13,16-20,23H,7-12H2,1-6H3,(H,31,32)/t16?,17-,18-,19-,20+,23+,26-,27?,28+,29+,30+/m0/s1. The average Bonchev–Trinajstić information content (AvgIpc) is 3.77. The number of cyclic esters (lactones) is 1. The zero-order valence-corrected chi connectivity index (χ0v) is 23.5. The van der Waals surface area contributed by atoms with Crippen LogP contribution in [0.2, 0.25) is 0 Å². The molecule has 212 valence electrons. The molecule has 9 heteroatoms. The lowest BCUT2D eigenvalue weighted by molar-refractivity contribution is -0.186. The third-order valence-corrected chi connectivity index (χ3v) is 13.3. The SMILES string of the molecule is CC(C)[C@@]12O[C@H]1[C@H]1O[C@]13[C@]1(O[C@H]1C[C@H]1C4=C(CC[C@@]13C)C(=O)OC4)[C@@H]2OC(=O)C1(C)CCC(C(=O)O)C1(C)C.